The quantitative estimate of drug-likeness (QED) is 0.169. The van der Waals surface area contributed by atoms with Gasteiger partial charge in [-0.15, -0.1) is 24.8 Å². The summed E-state index contributed by atoms with van der Waals surface area (Å²) in [5, 5.41) is 0. The Kier molecular flexibility index (Phi) is 10.5. The van der Waals surface area contributed by atoms with Crippen molar-refractivity contribution < 1.29 is 17.4 Å². The summed E-state index contributed by atoms with van der Waals surface area (Å²) in [6.07, 6.45) is 19.7. The number of fused-ring (bicyclic) bond motifs is 2. The van der Waals surface area contributed by atoms with Gasteiger partial charge in [0.05, 0.1) is 0 Å². The molecule has 0 nitrogen and oxygen atoms in total. The molecule has 0 spiro atoms. The van der Waals surface area contributed by atoms with E-state index in [0.29, 0.717) is 12.7 Å². The molecule has 294 valence electrons. The van der Waals surface area contributed by atoms with E-state index in [0.717, 1.165) is 23.7 Å². The van der Waals surface area contributed by atoms with E-state index in [1.165, 1.54) is 103 Å². The molecule has 4 aromatic carbocycles. The molecule has 0 aliphatic heterocycles. The average Bonchev–Trinajstić information content (AvgIpc) is 3.88. The Bertz CT molecular complexity index is 2250. The number of hydrogen-bond donors (Lipinski definition) is 0. The molecule has 0 amide bonds. The minimum atomic E-state index is -3.72. The van der Waals surface area contributed by atoms with Crippen LogP contribution in [-0.4, -0.2) is 6.88 Å². The van der Waals surface area contributed by atoms with Crippen molar-refractivity contribution >= 4 is 43.8 Å². The first-order valence-electron chi connectivity index (χ1n) is 21.7. The predicted octanol–water partition coefficient (Wildman–Crippen LogP) is 14.7. The van der Waals surface area contributed by atoms with Gasteiger partial charge in [0.15, 0.2) is 0 Å². The fraction of sp³-hybridized carbons (Fsp3) is 0.462. The monoisotopic (exact) mass is 876 g/mol. The minimum Gasteiger partial charge on any atom is -0.147 e. The van der Waals surface area contributed by atoms with Crippen molar-refractivity contribution in [3.63, 3.8) is 0 Å². The Morgan fingerprint density at radius 3 is 1.62 bits per heavy atom. The van der Waals surface area contributed by atoms with E-state index in [1.807, 2.05) is 0 Å². The van der Waals surface area contributed by atoms with Gasteiger partial charge in [-0.3, -0.25) is 0 Å². The molecule has 4 heteroatoms. The second-order valence-electron chi connectivity index (χ2n) is 21.5. The molecule has 2 atom stereocenters. The molecule has 5 fully saturated rings. The van der Waals surface area contributed by atoms with Crippen LogP contribution in [0.2, 0.25) is 9.26 Å². The molecule has 5 saturated carbocycles. The van der Waals surface area contributed by atoms with Crippen molar-refractivity contribution in [1.29, 1.82) is 0 Å². The van der Waals surface area contributed by atoms with E-state index in [9.17, 15) is 0 Å². The van der Waals surface area contributed by atoms with Gasteiger partial charge in [-0.05, 0) is 0 Å². The first-order chi connectivity index (χ1) is 25.8. The van der Waals surface area contributed by atoms with Crippen LogP contribution in [0.4, 0.5) is 0 Å². The molecule has 2 unspecified atom stereocenters. The van der Waals surface area contributed by atoms with Gasteiger partial charge in [0.25, 0.3) is 0 Å². The molecular formula is C52H64Cl2SiZr. The van der Waals surface area contributed by atoms with E-state index in [-0.39, 0.29) is 30.2 Å². The Morgan fingerprint density at radius 2 is 1.11 bits per heavy atom. The fourth-order valence-electron chi connectivity index (χ4n) is 14.2. The van der Waals surface area contributed by atoms with Crippen molar-refractivity contribution in [3.05, 3.63) is 129 Å². The van der Waals surface area contributed by atoms with Gasteiger partial charge in [0.2, 0.25) is 0 Å². The second kappa shape index (κ2) is 14.4. The third-order valence-corrected chi connectivity index (χ3v) is 33.6. The van der Waals surface area contributed by atoms with E-state index >= 15 is 0 Å². The predicted molar refractivity (Wildman–Crippen MR) is 246 cm³/mol. The molecule has 4 aromatic rings. The van der Waals surface area contributed by atoms with Gasteiger partial charge >= 0.3 is 331 Å². The number of halogens is 2. The van der Waals surface area contributed by atoms with Crippen LogP contribution >= 0.6 is 24.8 Å². The topological polar surface area (TPSA) is 0 Å². The maximum absolute atomic E-state index is 3.72. The van der Waals surface area contributed by atoms with Gasteiger partial charge < -0.3 is 0 Å². The third kappa shape index (κ3) is 6.53. The summed E-state index contributed by atoms with van der Waals surface area (Å²) in [5.41, 5.74) is 19.0. The van der Waals surface area contributed by atoms with Crippen LogP contribution in [-0.2, 0) is 28.2 Å². The Hall–Kier alpha value is -1.96. The van der Waals surface area contributed by atoms with Crippen molar-refractivity contribution in [3.8, 4) is 22.3 Å². The van der Waals surface area contributed by atoms with E-state index in [2.05, 4.69) is 141 Å². The molecule has 56 heavy (non-hydrogen) atoms. The van der Waals surface area contributed by atoms with Crippen LogP contribution in [0.3, 0.4) is 0 Å². The molecule has 11 rings (SSSR count). The van der Waals surface area contributed by atoms with Crippen LogP contribution in [0.5, 0.6) is 0 Å². The smallest absolute Gasteiger partial charge is 0.147 e. The summed E-state index contributed by atoms with van der Waals surface area (Å²) >= 11 is -3.72. The van der Waals surface area contributed by atoms with Crippen LogP contribution in [0.1, 0.15) is 133 Å². The summed E-state index contributed by atoms with van der Waals surface area (Å²) in [6, 6.07) is 34.3. The zero-order chi connectivity index (χ0) is 37.2. The maximum atomic E-state index is 2.84. The molecule has 0 saturated heterocycles. The Balaban J connectivity index is 0.00000220. The molecule has 7 aliphatic rings. The van der Waals surface area contributed by atoms with Gasteiger partial charge in [0.1, 0.15) is 0 Å². The standard InChI is InChI=1S/C26H27.C24H27.2CH3.2ClH.H2Si.Zr/c1-17-9-22-3-2-4-24(25(22)10-17)21-5-7-23(8-6-21)26-14-18-11-19(15-26)13-20(12-18)16-26;1-24(2,3)21-13-11-18(12-14-21)22-10-6-9-19-15-20(16-23(19)22)17-7-4-5-8-17;;;;;;/h2-10,18-20H,11-16H2,1H3;6,9-17H,4-5,7-8H2,1-3H3;2*1H3;2*1H;1H2;. The Morgan fingerprint density at radius 1 is 0.625 bits per heavy atom. The average molecular weight is 879 g/mol. The van der Waals surface area contributed by atoms with Crippen molar-refractivity contribution in [2.45, 2.75) is 119 Å². The largest absolute Gasteiger partial charge is 0.147 e. The van der Waals surface area contributed by atoms with Crippen LogP contribution in [0, 0.1) is 23.7 Å². The number of rotatable bonds is 6. The number of allylic oxidation sites excluding steroid dienone is 2. The third-order valence-electron chi connectivity index (χ3n) is 16.0. The second-order valence-corrected chi connectivity index (χ2v) is 52.0. The SMILES string of the molecule is CC1=Cc2c(-c3ccc(C45CC6CC(CC(C6)C4)C5)cc3)cccc2[CH]1[Zr]([CH3])([CH3])(=[SiH2])[CH]1C(C2CCCC2)=Cc2c(-c3ccc(C(C)(C)C)cc3)cccc21.Cl.Cl. The molecule has 0 radical (unpaired) electrons. The van der Waals surface area contributed by atoms with Crippen molar-refractivity contribution in [2.24, 2.45) is 23.7 Å². The van der Waals surface area contributed by atoms with E-state index in [1.54, 1.807) is 27.8 Å². The molecule has 4 bridgehead atoms. The molecule has 0 aromatic heterocycles. The maximum Gasteiger partial charge on any atom is -0.147 e. The summed E-state index contributed by atoms with van der Waals surface area (Å²) in [4.78, 5) is 0. The van der Waals surface area contributed by atoms with Gasteiger partial charge in [0, 0.05) is 0 Å². The minimum absolute atomic E-state index is 0. The summed E-state index contributed by atoms with van der Waals surface area (Å²) in [5.74, 6) is 3.67. The number of hydrogen-bond acceptors (Lipinski definition) is 0. The van der Waals surface area contributed by atoms with Crippen molar-refractivity contribution in [2.75, 3.05) is 0 Å². The zero-order valence-electron chi connectivity index (χ0n) is 34.8. The van der Waals surface area contributed by atoms with Crippen LogP contribution in [0.25, 0.3) is 34.4 Å². The van der Waals surface area contributed by atoms with E-state index in [4.69, 9.17) is 0 Å². The Labute approximate surface area is 353 Å². The van der Waals surface area contributed by atoms with Crippen LogP contribution in [0.15, 0.2) is 96.1 Å². The first-order valence-corrected chi connectivity index (χ1v) is 35.4. The molecule has 7 aliphatic carbocycles. The van der Waals surface area contributed by atoms with Crippen LogP contribution < -0.4 is 0 Å². The summed E-state index contributed by atoms with van der Waals surface area (Å²) < 4.78 is 6.80. The summed E-state index contributed by atoms with van der Waals surface area (Å²) in [6.45, 7) is 12.0. The van der Waals surface area contributed by atoms with Gasteiger partial charge in [-0.2, -0.15) is 0 Å². The normalized spacial score (nSPS) is 27.9. The van der Waals surface area contributed by atoms with E-state index < -0.39 is 17.4 Å². The number of benzene rings is 4. The molecule has 0 heterocycles. The van der Waals surface area contributed by atoms with Gasteiger partial charge in [-0.1, -0.05) is 0 Å². The summed E-state index contributed by atoms with van der Waals surface area (Å²) in [7, 11) is 0. The first kappa shape index (κ1) is 40.8. The molecule has 0 N–H and O–H groups in total. The van der Waals surface area contributed by atoms with Gasteiger partial charge in [-0.25, -0.2) is 0 Å². The zero-order valence-corrected chi connectivity index (χ0v) is 40.3. The van der Waals surface area contributed by atoms with Crippen molar-refractivity contribution in [1.82, 2.24) is 0 Å². The fourth-order valence-corrected chi connectivity index (χ4v) is 34.5. The molecular weight excluding hydrogens is 815 g/mol.